The van der Waals surface area contributed by atoms with E-state index in [1.54, 1.807) is 0 Å². The lowest BCUT2D eigenvalue weighted by molar-refractivity contribution is -0.133. The van der Waals surface area contributed by atoms with Crippen molar-refractivity contribution in [1.82, 2.24) is 14.8 Å². The van der Waals surface area contributed by atoms with Crippen LogP contribution in [0.15, 0.2) is 5.16 Å². The van der Waals surface area contributed by atoms with Crippen LogP contribution in [0.5, 0.6) is 0 Å². The van der Waals surface area contributed by atoms with E-state index in [2.05, 4.69) is 28.6 Å². The van der Waals surface area contributed by atoms with E-state index >= 15 is 0 Å². The number of hydrogen-bond acceptors (Lipinski definition) is 4. The maximum Gasteiger partial charge on any atom is 0.313 e. The van der Waals surface area contributed by atoms with Crippen molar-refractivity contribution >= 4 is 17.7 Å². The van der Waals surface area contributed by atoms with Crippen molar-refractivity contribution in [1.29, 1.82) is 0 Å². The molecule has 0 saturated heterocycles. The van der Waals surface area contributed by atoms with Crippen LogP contribution in [0.1, 0.15) is 51.3 Å². The first-order chi connectivity index (χ1) is 10.1. The minimum Gasteiger partial charge on any atom is -0.481 e. The van der Waals surface area contributed by atoms with Crippen LogP contribution in [0.4, 0.5) is 0 Å². The third-order valence-electron chi connectivity index (χ3n) is 4.57. The molecule has 2 saturated carbocycles. The van der Waals surface area contributed by atoms with Gasteiger partial charge in [-0.15, -0.1) is 10.2 Å². The Balaban J connectivity index is 1.81. The summed E-state index contributed by atoms with van der Waals surface area (Å²) in [6, 6.07) is 0. The second-order valence-electron chi connectivity index (χ2n) is 6.67. The summed E-state index contributed by atoms with van der Waals surface area (Å²) in [6.45, 7) is 5.23. The molecule has 6 heteroatoms. The highest BCUT2D eigenvalue weighted by molar-refractivity contribution is 7.99. The monoisotopic (exact) mass is 309 g/mol. The number of carbonyl (C=O) groups is 1. The van der Waals surface area contributed by atoms with Crippen LogP contribution in [-0.2, 0) is 11.3 Å². The van der Waals surface area contributed by atoms with Crippen LogP contribution in [0.2, 0.25) is 0 Å². The van der Waals surface area contributed by atoms with Gasteiger partial charge in [0.2, 0.25) is 0 Å². The third-order valence-corrected chi connectivity index (χ3v) is 5.52. The molecule has 1 aromatic heterocycles. The van der Waals surface area contributed by atoms with Crippen molar-refractivity contribution in [3.8, 4) is 0 Å². The Morgan fingerprint density at radius 3 is 2.57 bits per heavy atom. The highest BCUT2D eigenvalue weighted by atomic mass is 32.2. The van der Waals surface area contributed by atoms with E-state index in [0.29, 0.717) is 11.8 Å². The summed E-state index contributed by atoms with van der Waals surface area (Å²) in [6.07, 6.45) is 5.33. The zero-order valence-corrected chi connectivity index (χ0v) is 13.5. The van der Waals surface area contributed by atoms with E-state index < -0.39 is 5.97 Å². The van der Waals surface area contributed by atoms with Gasteiger partial charge in [-0.3, -0.25) is 4.79 Å². The van der Waals surface area contributed by atoms with Crippen LogP contribution >= 0.6 is 11.8 Å². The summed E-state index contributed by atoms with van der Waals surface area (Å²) < 4.78 is 2.18. The summed E-state index contributed by atoms with van der Waals surface area (Å²) in [5.41, 5.74) is 0. The number of carboxylic acid groups (broad SMARTS) is 1. The van der Waals surface area contributed by atoms with Gasteiger partial charge in [0.1, 0.15) is 5.82 Å². The van der Waals surface area contributed by atoms with Gasteiger partial charge in [0.05, 0.1) is 5.75 Å². The van der Waals surface area contributed by atoms with Crippen molar-refractivity contribution in [3.63, 3.8) is 0 Å². The standard InChI is InChI=1S/C15H23N3O2S/c1-9(2)7-18-14(13-10-5-3-4-6-11(10)13)16-17-15(18)21-8-12(19)20/h9-11,13H,3-8H2,1-2H3,(H,19,20). The second kappa shape index (κ2) is 5.99. The summed E-state index contributed by atoms with van der Waals surface area (Å²) in [5, 5.41) is 18.3. The second-order valence-corrected chi connectivity index (χ2v) is 7.61. The molecular weight excluding hydrogens is 286 g/mol. The smallest absolute Gasteiger partial charge is 0.313 e. The number of nitrogens with zero attached hydrogens (tertiary/aromatic N) is 3. The lowest BCUT2D eigenvalue weighted by Gasteiger charge is -2.12. The zero-order chi connectivity index (χ0) is 15.0. The number of fused-ring (bicyclic) bond motifs is 1. The molecule has 0 aliphatic heterocycles. The molecule has 2 fully saturated rings. The maximum absolute atomic E-state index is 10.8. The highest BCUT2D eigenvalue weighted by Gasteiger charge is 2.53. The minimum atomic E-state index is -0.805. The Kier molecular flexibility index (Phi) is 4.24. The third kappa shape index (κ3) is 3.10. The van der Waals surface area contributed by atoms with Crippen LogP contribution in [0.25, 0.3) is 0 Å². The first-order valence-electron chi connectivity index (χ1n) is 7.85. The summed E-state index contributed by atoms with van der Waals surface area (Å²) in [4.78, 5) is 10.8. The molecule has 3 rings (SSSR count). The number of carboxylic acids is 1. The Bertz CT molecular complexity index is 517. The predicted molar refractivity (Wildman–Crippen MR) is 81.4 cm³/mol. The first kappa shape index (κ1) is 14.9. The topological polar surface area (TPSA) is 68.0 Å². The maximum atomic E-state index is 10.8. The molecular formula is C15H23N3O2S. The largest absolute Gasteiger partial charge is 0.481 e. The van der Waals surface area contributed by atoms with Gasteiger partial charge in [0, 0.05) is 12.5 Å². The van der Waals surface area contributed by atoms with Gasteiger partial charge in [-0.1, -0.05) is 38.5 Å². The van der Waals surface area contributed by atoms with E-state index in [9.17, 15) is 4.79 Å². The van der Waals surface area contributed by atoms with E-state index in [4.69, 9.17) is 5.11 Å². The van der Waals surface area contributed by atoms with Gasteiger partial charge >= 0.3 is 5.97 Å². The number of rotatable bonds is 6. The van der Waals surface area contributed by atoms with E-state index in [1.165, 1.54) is 37.4 Å². The van der Waals surface area contributed by atoms with Gasteiger partial charge in [-0.2, -0.15) is 0 Å². The van der Waals surface area contributed by atoms with E-state index in [0.717, 1.165) is 29.4 Å². The number of aliphatic carboxylic acids is 1. The molecule has 0 amide bonds. The van der Waals surface area contributed by atoms with Gasteiger partial charge in [-0.05, 0) is 30.6 Å². The highest BCUT2D eigenvalue weighted by Crippen LogP contribution is 2.60. The molecule has 5 nitrogen and oxygen atoms in total. The normalized spacial score (nSPS) is 27.7. The van der Waals surface area contributed by atoms with Crippen molar-refractivity contribution in [3.05, 3.63) is 5.82 Å². The molecule has 0 radical (unpaired) electrons. The van der Waals surface area contributed by atoms with Crippen molar-refractivity contribution in [2.75, 3.05) is 5.75 Å². The molecule has 2 aliphatic carbocycles. The van der Waals surface area contributed by atoms with E-state index in [-0.39, 0.29) is 5.75 Å². The number of thioether (sulfide) groups is 1. The molecule has 116 valence electrons. The van der Waals surface area contributed by atoms with Crippen LogP contribution in [-0.4, -0.2) is 31.6 Å². The molecule has 0 spiro atoms. The van der Waals surface area contributed by atoms with Crippen molar-refractivity contribution in [2.45, 2.75) is 57.1 Å². The molecule has 1 aromatic rings. The summed E-state index contributed by atoms with van der Waals surface area (Å²) in [5.74, 6) is 3.02. The van der Waals surface area contributed by atoms with Gasteiger partial charge in [0.25, 0.3) is 0 Å². The molecule has 0 bridgehead atoms. The van der Waals surface area contributed by atoms with Crippen molar-refractivity contribution < 1.29 is 9.90 Å². The Labute approximate surface area is 129 Å². The Morgan fingerprint density at radius 2 is 2.00 bits per heavy atom. The van der Waals surface area contributed by atoms with Gasteiger partial charge < -0.3 is 9.67 Å². The Morgan fingerprint density at radius 1 is 1.33 bits per heavy atom. The average molecular weight is 309 g/mol. The van der Waals surface area contributed by atoms with Crippen LogP contribution in [0.3, 0.4) is 0 Å². The van der Waals surface area contributed by atoms with Gasteiger partial charge in [0.15, 0.2) is 5.16 Å². The molecule has 1 N–H and O–H groups in total. The quantitative estimate of drug-likeness (QED) is 0.818. The number of hydrogen-bond donors (Lipinski definition) is 1. The predicted octanol–water partition coefficient (Wildman–Crippen LogP) is 3.01. The lowest BCUT2D eigenvalue weighted by atomic mass is 10.0. The van der Waals surface area contributed by atoms with Gasteiger partial charge in [-0.25, -0.2) is 0 Å². The molecule has 2 unspecified atom stereocenters. The van der Waals surface area contributed by atoms with E-state index in [1.807, 2.05) is 0 Å². The average Bonchev–Trinajstić information content (AvgIpc) is 3.03. The van der Waals surface area contributed by atoms with Crippen LogP contribution in [0, 0.1) is 17.8 Å². The minimum absolute atomic E-state index is 0.0494. The summed E-state index contributed by atoms with van der Waals surface area (Å²) in [7, 11) is 0. The SMILES string of the molecule is CC(C)Cn1c(SCC(=O)O)nnc1C1C2CCCCC21. The fourth-order valence-electron chi connectivity index (χ4n) is 3.69. The molecule has 2 aliphatic rings. The fourth-order valence-corrected chi connectivity index (χ4v) is 4.37. The molecule has 0 aromatic carbocycles. The fraction of sp³-hybridized carbons (Fsp3) is 0.800. The first-order valence-corrected chi connectivity index (χ1v) is 8.84. The van der Waals surface area contributed by atoms with Crippen molar-refractivity contribution in [2.24, 2.45) is 17.8 Å². The Hall–Kier alpha value is -1.04. The zero-order valence-electron chi connectivity index (χ0n) is 12.7. The molecule has 21 heavy (non-hydrogen) atoms. The number of aromatic nitrogens is 3. The molecule has 1 heterocycles. The molecule has 2 atom stereocenters. The van der Waals surface area contributed by atoms with Crippen LogP contribution < -0.4 is 0 Å². The summed E-state index contributed by atoms with van der Waals surface area (Å²) >= 11 is 1.29. The lowest BCUT2D eigenvalue weighted by Crippen LogP contribution is -2.11.